The van der Waals surface area contributed by atoms with Crippen molar-refractivity contribution < 1.29 is 8.42 Å². The quantitative estimate of drug-likeness (QED) is 0.351. The zero-order chi connectivity index (χ0) is 17.0. The van der Waals surface area contributed by atoms with Crippen LogP contribution in [0.15, 0.2) is 16.6 Å². The Bertz CT molecular complexity index is 645. The molecule has 142 valence electrons. The summed E-state index contributed by atoms with van der Waals surface area (Å²) in [7, 11) is -2.82. The minimum absolute atomic E-state index is 0. The second-order valence-electron chi connectivity index (χ2n) is 6.02. The van der Waals surface area contributed by atoms with E-state index < -0.39 is 9.84 Å². The van der Waals surface area contributed by atoms with Crippen LogP contribution in [0.2, 0.25) is 0 Å². The topological polar surface area (TPSA) is 95.1 Å². The second-order valence-corrected chi connectivity index (χ2v) is 9.20. The number of hydrogen-bond acceptors (Lipinski definition) is 7. The molecule has 1 aromatic heterocycles. The fourth-order valence-electron chi connectivity index (χ4n) is 2.88. The number of sulfone groups is 1. The van der Waals surface area contributed by atoms with E-state index in [9.17, 15) is 8.42 Å². The average Bonchev–Trinajstić information content (AvgIpc) is 3.11. The van der Waals surface area contributed by atoms with Gasteiger partial charge in [0.2, 0.25) is 0 Å². The summed E-state index contributed by atoms with van der Waals surface area (Å²) in [5.74, 6) is 1.09. The van der Waals surface area contributed by atoms with Gasteiger partial charge in [0, 0.05) is 57.4 Å². The van der Waals surface area contributed by atoms with Crippen LogP contribution in [0.25, 0.3) is 0 Å². The molecule has 2 fully saturated rings. The first kappa shape index (κ1) is 20.6. The van der Waals surface area contributed by atoms with E-state index in [1.807, 2.05) is 11.6 Å². The van der Waals surface area contributed by atoms with Crippen molar-refractivity contribution in [3.8, 4) is 0 Å². The van der Waals surface area contributed by atoms with Gasteiger partial charge >= 0.3 is 0 Å². The lowest BCUT2D eigenvalue weighted by atomic mass is 10.3. The van der Waals surface area contributed by atoms with Crippen LogP contribution in [-0.4, -0.2) is 93.0 Å². The molecule has 2 saturated heterocycles. The molecular formula is C14H25IN6O2S2. The van der Waals surface area contributed by atoms with Gasteiger partial charge in [0.25, 0.3) is 0 Å². The number of guanidine groups is 1. The summed E-state index contributed by atoms with van der Waals surface area (Å²) >= 11 is 1.66. The third-order valence-electron chi connectivity index (χ3n) is 4.42. The van der Waals surface area contributed by atoms with Crippen molar-refractivity contribution in [3.05, 3.63) is 11.6 Å². The van der Waals surface area contributed by atoms with Gasteiger partial charge in [0.05, 0.1) is 18.1 Å². The van der Waals surface area contributed by atoms with Gasteiger partial charge in [-0.15, -0.1) is 35.3 Å². The van der Waals surface area contributed by atoms with Crippen molar-refractivity contribution in [2.24, 2.45) is 10.7 Å². The Kier molecular flexibility index (Phi) is 7.70. The lowest BCUT2D eigenvalue weighted by molar-refractivity contribution is 0.303. The molecule has 2 aliphatic rings. The Hall–Kier alpha value is -0.660. The Morgan fingerprint density at radius 1 is 1.20 bits per heavy atom. The van der Waals surface area contributed by atoms with Crippen molar-refractivity contribution in [1.29, 1.82) is 0 Å². The molecule has 11 heteroatoms. The second kappa shape index (κ2) is 9.33. The van der Waals surface area contributed by atoms with Crippen LogP contribution in [0.5, 0.6) is 0 Å². The number of thiazole rings is 1. The Balaban J connectivity index is 0.00000225. The molecule has 0 spiro atoms. The van der Waals surface area contributed by atoms with Crippen LogP contribution in [0.3, 0.4) is 0 Å². The predicted molar refractivity (Wildman–Crippen MR) is 113 cm³/mol. The molecule has 0 unspecified atom stereocenters. The smallest absolute Gasteiger partial charge is 0.191 e. The maximum absolute atomic E-state index is 11.4. The van der Waals surface area contributed by atoms with Gasteiger partial charge in [-0.05, 0) is 0 Å². The Morgan fingerprint density at radius 3 is 2.48 bits per heavy atom. The number of halogens is 1. The number of aliphatic imine (C=N–C) groups is 1. The summed E-state index contributed by atoms with van der Waals surface area (Å²) < 4.78 is 22.8. The van der Waals surface area contributed by atoms with Gasteiger partial charge in [-0.1, -0.05) is 0 Å². The van der Waals surface area contributed by atoms with E-state index in [0.29, 0.717) is 25.6 Å². The summed E-state index contributed by atoms with van der Waals surface area (Å²) in [6.07, 6.45) is 1.83. The number of aromatic nitrogens is 1. The number of anilines is 1. The molecule has 0 amide bonds. The Labute approximate surface area is 170 Å². The molecule has 3 heterocycles. The first-order valence-corrected chi connectivity index (χ1v) is 10.9. The van der Waals surface area contributed by atoms with Crippen LogP contribution in [0.1, 0.15) is 0 Å². The SMILES string of the molecule is I.NC(=NCCN1CCS(=O)(=O)CC1)N1CCN(c2nccs2)CC1. The molecule has 0 saturated carbocycles. The molecule has 8 nitrogen and oxygen atoms in total. The van der Waals surface area contributed by atoms with Gasteiger partial charge in [-0.25, -0.2) is 13.4 Å². The van der Waals surface area contributed by atoms with Crippen LogP contribution in [0.4, 0.5) is 5.13 Å². The fraction of sp³-hybridized carbons (Fsp3) is 0.714. The normalized spacial score (nSPS) is 21.8. The number of nitrogens with zero attached hydrogens (tertiary/aromatic N) is 5. The molecule has 0 radical (unpaired) electrons. The van der Waals surface area contributed by atoms with Crippen LogP contribution < -0.4 is 10.6 Å². The van der Waals surface area contributed by atoms with Gasteiger partial charge < -0.3 is 15.5 Å². The van der Waals surface area contributed by atoms with E-state index in [1.165, 1.54) is 0 Å². The first-order valence-electron chi connectivity index (χ1n) is 8.15. The highest BCUT2D eigenvalue weighted by atomic mass is 127. The largest absolute Gasteiger partial charge is 0.370 e. The number of rotatable bonds is 4. The summed E-state index contributed by atoms with van der Waals surface area (Å²) in [6, 6.07) is 0. The molecule has 25 heavy (non-hydrogen) atoms. The van der Waals surface area contributed by atoms with E-state index in [2.05, 4.69) is 24.7 Å². The van der Waals surface area contributed by atoms with Crippen molar-refractivity contribution in [1.82, 2.24) is 14.8 Å². The lowest BCUT2D eigenvalue weighted by Crippen LogP contribution is -2.51. The Morgan fingerprint density at radius 2 is 1.88 bits per heavy atom. The molecule has 0 aliphatic carbocycles. The van der Waals surface area contributed by atoms with E-state index in [0.717, 1.165) is 37.9 Å². The molecule has 2 aliphatic heterocycles. The minimum Gasteiger partial charge on any atom is -0.370 e. The number of nitrogens with two attached hydrogens (primary N) is 1. The van der Waals surface area contributed by atoms with Crippen molar-refractivity contribution in [3.63, 3.8) is 0 Å². The zero-order valence-electron chi connectivity index (χ0n) is 14.1. The van der Waals surface area contributed by atoms with E-state index >= 15 is 0 Å². The molecule has 0 aromatic carbocycles. The van der Waals surface area contributed by atoms with E-state index in [4.69, 9.17) is 5.73 Å². The van der Waals surface area contributed by atoms with Gasteiger partial charge in [-0.2, -0.15) is 0 Å². The monoisotopic (exact) mass is 500 g/mol. The van der Waals surface area contributed by atoms with Gasteiger partial charge in [0.1, 0.15) is 0 Å². The zero-order valence-corrected chi connectivity index (χ0v) is 18.0. The summed E-state index contributed by atoms with van der Waals surface area (Å²) in [5.41, 5.74) is 6.10. The summed E-state index contributed by atoms with van der Waals surface area (Å²) in [6.45, 7) is 6.05. The molecule has 2 N–H and O–H groups in total. The number of hydrogen-bond donors (Lipinski definition) is 1. The van der Waals surface area contributed by atoms with Gasteiger partial charge in [-0.3, -0.25) is 9.89 Å². The molecule has 1 aromatic rings. The third kappa shape index (κ3) is 5.93. The maximum Gasteiger partial charge on any atom is 0.191 e. The highest BCUT2D eigenvalue weighted by molar-refractivity contribution is 14.0. The van der Waals surface area contributed by atoms with Crippen LogP contribution >= 0.6 is 35.3 Å². The van der Waals surface area contributed by atoms with Crippen LogP contribution in [0, 0.1) is 0 Å². The van der Waals surface area contributed by atoms with Crippen molar-refractivity contribution in [2.75, 3.05) is 68.8 Å². The first-order chi connectivity index (χ1) is 11.5. The van der Waals surface area contributed by atoms with Crippen molar-refractivity contribution in [2.45, 2.75) is 0 Å². The fourth-order valence-corrected chi connectivity index (χ4v) is 4.85. The van der Waals surface area contributed by atoms with E-state index in [1.54, 1.807) is 11.3 Å². The number of piperazine rings is 1. The van der Waals surface area contributed by atoms with Crippen LogP contribution in [-0.2, 0) is 9.84 Å². The molecule has 3 rings (SSSR count). The highest BCUT2D eigenvalue weighted by Gasteiger charge is 2.22. The predicted octanol–water partition coefficient (Wildman–Crippen LogP) is -0.0718. The summed E-state index contributed by atoms with van der Waals surface area (Å²) in [4.78, 5) is 15.3. The molecule has 0 bridgehead atoms. The summed E-state index contributed by atoms with van der Waals surface area (Å²) in [5, 5.41) is 3.05. The van der Waals surface area contributed by atoms with E-state index in [-0.39, 0.29) is 35.5 Å². The van der Waals surface area contributed by atoms with Gasteiger partial charge in [0.15, 0.2) is 20.9 Å². The van der Waals surface area contributed by atoms with Crippen molar-refractivity contribution >= 4 is 56.2 Å². The molecule has 0 atom stereocenters. The highest BCUT2D eigenvalue weighted by Crippen LogP contribution is 2.18. The standard InChI is InChI=1S/C14H24N6O2S2.HI/c15-13(16-1-3-18-8-11-24(21,22)12-9-18)19-4-6-20(7-5-19)14-17-2-10-23-14;/h2,10H,1,3-9,11-12H2,(H2,15,16);1H. The lowest BCUT2D eigenvalue weighted by Gasteiger charge is -2.35. The average molecular weight is 500 g/mol. The minimum atomic E-state index is -2.82. The molecular weight excluding hydrogens is 475 g/mol. The third-order valence-corrected chi connectivity index (χ3v) is 6.86. The maximum atomic E-state index is 11.4.